The summed E-state index contributed by atoms with van der Waals surface area (Å²) in [5.41, 5.74) is 10.00. The van der Waals surface area contributed by atoms with Crippen molar-refractivity contribution >= 4 is 44.6 Å². The molecule has 2 aromatic heterocycles. The molecular formula is C81H82N4O. The van der Waals surface area contributed by atoms with Crippen molar-refractivity contribution in [3.05, 3.63) is 240 Å². The molecule has 9 aromatic carbocycles. The van der Waals surface area contributed by atoms with E-state index in [4.69, 9.17) is 9.72 Å². The first kappa shape index (κ1) is 46.6. The Morgan fingerprint density at radius 1 is 0.512 bits per heavy atom. The van der Waals surface area contributed by atoms with Crippen molar-refractivity contribution in [2.45, 2.75) is 131 Å². The minimum absolute atomic E-state index is 0.0745. The van der Waals surface area contributed by atoms with Crippen LogP contribution in [0.1, 0.15) is 143 Å². The van der Waals surface area contributed by atoms with Crippen LogP contribution in [-0.4, -0.2) is 16.2 Å². The summed E-state index contributed by atoms with van der Waals surface area (Å²) < 4.78 is 98.5. The van der Waals surface area contributed by atoms with E-state index >= 15 is 0 Å². The second-order valence-corrected chi connectivity index (χ2v) is 27.9. The number of benzene rings is 9. The minimum Gasteiger partial charge on any atom is -0.457 e. The van der Waals surface area contributed by atoms with E-state index in [2.05, 4.69) is 108 Å². The summed E-state index contributed by atoms with van der Waals surface area (Å²) in [5, 5.41) is 1.99. The highest BCUT2D eigenvalue weighted by Crippen LogP contribution is 2.53. The van der Waals surface area contributed by atoms with Crippen LogP contribution in [0.4, 0.5) is 22.7 Å². The molecule has 0 N–H and O–H groups in total. The highest BCUT2D eigenvalue weighted by molar-refractivity contribution is 6.09. The quantitative estimate of drug-likeness (QED) is 0.137. The van der Waals surface area contributed by atoms with Gasteiger partial charge in [0.15, 0.2) is 0 Å². The van der Waals surface area contributed by atoms with Gasteiger partial charge in [0, 0.05) is 54.2 Å². The highest BCUT2D eigenvalue weighted by atomic mass is 16.5. The maximum Gasteiger partial charge on any atom is 0.137 e. The lowest BCUT2D eigenvalue weighted by atomic mass is 9.63. The van der Waals surface area contributed by atoms with E-state index in [-0.39, 0.29) is 71.1 Å². The number of aromatic nitrogens is 2. The van der Waals surface area contributed by atoms with E-state index in [1.54, 1.807) is 6.20 Å². The van der Waals surface area contributed by atoms with Crippen LogP contribution in [0.15, 0.2) is 212 Å². The number of pyridine rings is 1. The molecule has 1 aliphatic carbocycles. The second-order valence-electron chi connectivity index (χ2n) is 27.9. The second kappa shape index (κ2) is 21.1. The van der Waals surface area contributed by atoms with Crippen LogP contribution in [0.25, 0.3) is 72.1 Å². The average Bonchev–Trinajstić information content (AvgIpc) is 1.47. The van der Waals surface area contributed by atoms with E-state index in [1.807, 2.05) is 160 Å². The van der Waals surface area contributed by atoms with Gasteiger partial charge in [0.1, 0.15) is 24.0 Å². The Bertz CT molecular complexity index is 4900. The third-order valence-electron chi connectivity index (χ3n) is 17.4. The van der Waals surface area contributed by atoms with Crippen molar-refractivity contribution in [2.24, 2.45) is 5.41 Å². The molecule has 5 heteroatoms. The molecule has 0 fully saturated rings. The lowest BCUT2D eigenvalue weighted by molar-refractivity contribution is 0.332. The molecule has 0 spiro atoms. The molecule has 0 bridgehead atoms. The summed E-state index contributed by atoms with van der Waals surface area (Å²) in [6, 6.07) is 52.8. The van der Waals surface area contributed by atoms with E-state index in [0.29, 0.717) is 45.3 Å². The van der Waals surface area contributed by atoms with Crippen LogP contribution in [0.2, 0.25) is 0 Å². The first-order valence-electron chi connectivity index (χ1n) is 34.8. The number of hydrogen-bond acceptors (Lipinski definition) is 4. The van der Waals surface area contributed by atoms with E-state index in [0.717, 1.165) is 85.1 Å². The molecule has 2 aliphatic rings. The lowest BCUT2D eigenvalue weighted by Crippen LogP contribution is -2.33. The molecular weight excluding hydrogens is 1040 g/mol. The Kier molecular flexibility index (Phi) is 11.4. The van der Waals surface area contributed by atoms with Gasteiger partial charge in [0.25, 0.3) is 0 Å². The smallest absolute Gasteiger partial charge is 0.137 e. The molecule has 0 unspecified atom stereocenters. The third-order valence-corrected chi connectivity index (χ3v) is 17.4. The standard InChI is InChI=1S/C81H82N4O/c1-77(2,3)50-57-46-75(82-51-67(57)53-23-15-14-16-24-53)85-71-30-18-17-27-65(71)66-41-39-61(49-74(66)85)86-60-26-21-25-59(48-60)83-52-84(73-32-20-19-31-72(73)83)76-63(28-22-29-64(76)56-37-42-68-70(45-56)81(12,13)44-43-80(68,10)11)55-35-33-54(34-36-55)62-40-38-58(78(4,5)6)47-69(62)79(7,8)9/h14-42,45-49,51H,43-44,50,52H2,1-13H3/i33D,34D,35D,36D,37D,42D,45D,50D2. The molecule has 432 valence electrons. The van der Waals surface area contributed by atoms with Gasteiger partial charge >= 0.3 is 0 Å². The average molecular weight is 1140 g/mol. The van der Waals surface area contributed by atoms with Crippen LogP contribution in [0.5, 0.6) is 11.5 Å². The van der Waals surface area contributed by atoms with Gasteiger partial charge in [-0.1, -0.05) is 235 Å². The van der Waals surface area contributed by atoms with Crippen molar-refractivity contribution < 1.29 is 17.1 Å². The Morgan fingerprint density at radius 2 is 1.13 bits per heavy atom. The fourth-order valence-electron chi connectivity index (χ4n) is 12.8. The summed E-state index contributed by atoms with van der Waals surface area (Å²) in [7, 11) is 0. The molecule has 0 saturated carbocycles. The predicted octanol–water partition coefficient (Wildman–Crippen LogP) is 22.4. The SMILES string of the molecule is [2H]c1c([2H])c(-c2cccc(-c3c([2H])c([2H])c4c(c3[2H])C(C)(C)CCC4(C)C)c2N2CN(c3cccc(Oc4ccc5c6ccccc6n(-c6cc(C([2H])([2H])C(C)(C)C)c(-c7ccccc7)cn6)c5c4)c3)c3ccccc32)c([2H])c([2H])c1-c1ccc(C(C)(C)C)cc1C(C)(C)C. The first-order valence-corrected chi connectivity index (χ1v) is 30.3. The van der Waals surface area contributed by atoms with Crippen LogP contribution < -0.4 is 14.5 Å². The summed E-state index contributed by atoms with van der Waals surface area (Å²) in [5.74, 6) is 1.70. The zero-order chi connectivity index (χ0) is 68.0. The predicted molar refractivity (Wildman–Crippen MR) is 365 cm³/mol. The molecule has 5 nitrogen and oxygen atoms in total. The zero-order valence-electron chi connectivity index (χ0n) is 61.0. The number of rotatable bonds is 10. The van der Waals surface area contributed by atoms with Gasteiger partial charge in [0.2, 0.25) is 0 Å². The number of nitrogens with zero attached hydrogens (tertiary/aromatic N) is 4. The number of anilines is 4. The van der Waals surface area contributed by atoms with Crippen LogP contribution in [0.3, 0.4) is 0 Å². The van der Waals surface area contributed by atoms with E-state index in [9.17, 15) is 12.3 Å². The van der Waals surface area contributed by atoms with Gasteiger partial charge in [-0.15, -0.1) is 0 Å². The van der Waals surface area contributed by atoms with Gasteiger partial charge in [-0.2, -0.15) is 0 Å². The molecule has 11 aromatic rings. The molecule has 0 saturated heterocycles. The van der Waals surface area contributed by atoms with Gasteiger partial charge in [0.05, 0.1) is 37.7 Å². The maximum absolute atomic E-state index is 10.3. The van der Waals surface area contributed by atoms with E-state index in [1.165, 1.54) is 0 Å². The lowest BCUT2D eigenvalue weighted by Gasteiger charge is -2.42. The van der Waals surface area contributed by atoms with Crippen LogP contribution in [-0.2, 0) is 28.0 Å². The molecule has 0 radical (unpaired) electrons. The Balaban J connectivity index is 0.954. The van der Waals surface area contributed by atoms with Crippen molar-refractivity contribution in [3.8, 4) is 61.8 Å². The summed E-state index contributed by atoms with van der Waals surface area (Å²) >= 11 is 0. The van der Waals surface area contributed by atoms with Crippen molar-refractivity contribution in [3.63, 3.8) is 0 Å². The Morgan fingerprint density at radius 3 is 1.84 bits per heavy atom. The largest absolute Gasteiger partial charge is 0.457 e. The normalized spacial score (nSPS) is 16.5. The Labute approximate surface area is 523 Å². The molecule has 86 heavy (non-hydrogen) atoms. The topological polar surface area (TPSA) is 33.5 Å². The fraction of sp³-hybridized carbons (Fsp3) is 0.272. The van der Waals surface area contributed by atoms with Crippen LogP contribution >= 0.6 is 0 Å². The van der Waals surface area contributed by atoms with Gasteiger partial charge in [-0.05, 0) is 150 Å². The van der Waals surface area contributed by atoms with Gasteiger partial charge in [-0.3, -0.25) is 4.57 Å². The van der Waals surface area contributed by atoms with Crippen molar-refractivity contribution in [1.29, 1.82) is 0 Å². The zero-order valence-corrected chi connectivity index (χ0v) is 52.0. The van der Waals surface area contributed by atoms with Crippen molar-refractivity contribution in [2.75, 3.05) is 16.5 Å². The van der Waals surface area contributed by atoms with Gasteiger partial charge in [-0.25, -0.2) is 4.98 Å². The fourth-order valence-corrected chi connectivity index (χ4v) is 12.8. The molecule has 1 aliphatic heterocycles. The molecule has 0 atom stereocenters. The van der Waals surface area contributed by atoms with Crippen LogP contribution in [0, 0.1) is 5.41 Å². The molecule has 0 amide bonds. The number of hydrogen-bond donors (Lipinski definition) is 0. The maximum atomic E-state index is 10.3. The summed E-state index contributed by atoms with van der Waals surface area (Å²) in [6.45, 7) is 27.2. The monoisotopic (exact) mass is 1140 g/mol. The number of para-hydroxylation sites is 4. The van der Waals surface area contributed by atoms with Gasteiger partial charge < -0.3 is 14.5 Å². The first-order chi connectivity index (χ1) is 44.7. The minimum atomic E-state index is -1.74. The number of ether oxygens (including phenoxy) is 1. The highest BCUT2D eigenvalue weighted by Gasteiger charge is 2.38. The van der Waals surface area contributed by atoms with E-state index < -0.39 is 28.0 Å². The Hall–Kier alpha value is -8.67. The molecule has 3 heterocycles. The third kappa shape index (κ3) is 10.5. The number of fused-ring (bicyclic) bond motifs is 5. The van der Waals surface area contributed by atoms with Crippen molar-refractivity contribution in [1.82, 2.24) is 9.55 Å². The molecule has 13 rings (SSSR count). The summed E-state index contributed by atoms with van der Waals surface area (Å²) in [4.78, 5) is 9.34. The summed E-state index contributed by atoms with van der Waals surface area (Å²) in [6.07, 6.45) is 1.63.